The van der Waals surface area contributed by atoms with Gasteiger partial charge in [0.1, 0.15) is 18.0 Å². The molecule has 0 bridgehead atoms. The van der Waals surface area contributed by atoms with Gasteiger partial charge in [-0.15, -0.1) is 0 Å². The van der Waals surface area contributed by atoms with E-state index in [1.165, 1.54) is 24.0 Å². The number of anilines is 3. The topological polar surface area (TPSA) is 41.0 Å². The third-order valence-electron chi connectivity index (χ3n) is 4.37. The van der Waals surface area contributed by atoms with Crippen molar-refractivity contribution < 1.29 is 0 Å². The van der Waals surface area contributed by atoms with E-state index in [1.807, 2.05) is 0 Å². The fourth-order valence-electron chi connectivity index (χ4n) is 3.13. The van der Waals surface area contributed by atoms with Gasteiger partial charge in [0.05, 0.1) is 0 Å². The fraction of sp³-hybridized carbons (Fsp3) is 0.444. The van der Waals surface area contributed by atoms with E-state index in [0.717, 1.165) is 36.3 Å². The summed E-state index contributed by atoms with van der Waals surface area (Å²) >= 11 is 0. The van der Waals surface area contributed by atoms with Gasteiger partial charge in [0, 0.05) is 24.8 Å². The molecule has 1 aliphatic rings. The van der Waals surface area contributed by atoms with Crippen LogP contribution in [0.1, 0.15) is 30.9 Å². The van der Waals surface area contributed by atoms with Crippen molar-refractivity contribution in [3.8, 4) is 0 Å². The Bertz CT molecular complexity index is 633. The Hall–Kier alpha value is -2.10. The summed E-state index contributed by atoms with van der Waals surface area (Å²) in [4.78, 5) is 11.2. The number of aromatic nitrogens is 2. The van der Waals surface area contributed by atoms with Gasteiger partial charge >= 0.3 is 0 Å². The highest BCUT2D eigenvalue weighted by Gasteiger charge is 2.18. The van der Waals surface area contributed by atoms with Crippen LogP contribution >= 0.6 is 0 Å². The molecule has 1 atom stereocenters. The summed E-state index contributed by atoms with van der Waals surface area (Å²) in [6, 6.07) is 8.37. The number of aryl methyl sites for hydroxylation is 2. The van der Waals surface area contributed by atoms with Crippen molar-refractivity contribution in [1.29, 1.82) is 0 Å². The highest BCUT2D eigenvalue weighted by molar-refractivity contribution is 5.65. The van der Waals surface area contributed by atoms with E-state index < -0.39 is 0 Å². The van der Waals surface area contributed by atoms with Crippen LogP contribution in [0.4, 0.5) is 17.3 Å². The van der Waals surface area contributed by atoms with E-state index in [1.54, 1.807) is 6.33 Å². The molecule has 1 unspecified atom stereocenters. The summed E-state index contributed by atoms with van der Waals surface area (Å²) in [6.45, 7) is 8.71. The second kappa shape index (κ2) is 6.34. The summed E-state index contributed by atoms with van der Waals surface area (Å²) in [5, 5.41) is 3.45. The zero-order chi connectivity index (χ0) is 15.5. The molecule has 0 aliphatic carbocycles. The van der Waals surface area contributed by atoms with Gasteiger partial charge in [0.2, 0.25) is 0 Å². The maximum Gasteiger partial charge on any atom is 0.135 e. The summed E-state index contributed by atoms with van der Waals surface area (Å²) in [7, 11) is 0. The molecule has 1 fully saturated rings. The maximum absolute atomic E-state index is 4.46. The molecule has 4 nitrogen and oxygen atoms in total. The zero-order valence-electron chi connectivity index (χ0n) is 13.6. The SMILES string of the molecule is Cc1cccc(C)c1Nc1cc(N2CCCC(C)C2)ncn1. The summed E-state index contributed by atoms with van der Waals surface area (Å²) in [5.74, 6) is 2.62. The van der Waals surface area contributed by atoms with Crippen LogP contribution < -0.4 is 10.2 Å². The third kappa shape index (κ3) is 3.21. The minimum atomic E-state index is 0.735. The normalized spacial score (nSPS) is 18.3. The van der Waals surface area contributed by atoms with Gasteiger partial charge in [-0.2, -0.15) is 0 Å². The minimum absolute atomic E-state index is 0.735. The smallest absolute Gasteiger partial charge is 0.135 e. The van der Waals surface area contributed by atoms with Gasteiger partial charge in [-0.25, -0.2) is 9.97 Å². The second-order valence-electron chi connectivity index (χ2n) is 6.35. The van der Waals surface area contributed by atoms with Crippen molar-refractivity contribution in [2.24, 2.45) is 5.92 Å². The monoisotopic (exact) mass is 296 g/mol. The quantitative estimate of drug-likeness (QED) is 0.927. The lowest BCUT2D eigenvalue weighted by Crippen LogP contribution is -2.34. The van der Waals surface area contributed by atoms with Crippen molar-refractivity contribution in [3.63, 3.8) is 0 Å². The molecule has 1 aliphatic heterocycles. The molecular formula is C18H24N4. The predicted octanol–water partition coefficient (Wildman–Crippen LogP) is 4.07. The molecular weight excluding hydrogens is 272 g/mol. The Kier molecular flexibility index (Phi) is 4.27. The fourth-order valence-corrected chi connectivity index (χ4v) is 3.13. The Balaban J connectivity index is 1.82. The Morgan fingerprint density at radius 1 is 1.18 bits per heavy atom. The van der Waals surface area contributed by atoms with Crippen LogP contribution in [0.2, 0.25) is 0 Å². The van der Waals surface area contributed by atoms with E-state index >= 15 is 0 Å². The molecule has 0 amide bonds. The first-order valence-corrected chi connectivity index (χ1v) is 8.03. The summed E-state index contributed by atoms with van der Waals surface area (Å²) in [5.41, 5.74) is 3.60. The number of rotatable bonds is 3. The Morgan fingerprint density at radius 3 is 2.68 bits per heavy atom. The van der Waals surface area contributed by atoms with Crippen molar-refractivity contribution in [2.45, 2.75) is 33.6 Å². The first-order valence-electron chi connectivity index (χ1n) is 8.03. The van der Waals surface area contributed by atoms with Gasteiger partial charge in [0.25, 0.3) is 0 Å². The third-order valence-corrected chi connectivity index (χ3v) is 4.37. The molecule has 1 aromatic heterocycles. The molecule has 2 heterocycles. The molecule has 22 heavy (non-hydrogen) atoms. The van der Waals surface area contributed by atoms with Crippen LogP contribution in [0.15, 0.2) is 30.6 Å². The van der Waals surface area contributed by atoms with Crippen molar-refractivity contribution in [1.82, 2.24) is 9.97 Å². The van der Waals surface area contributed by atoms with E-state index in [9.17, 15) is 0 Å². The lowest BCUT2D eigenvalue weighted by molar-refractivity contribution is 0.444. The largest absolute Gasteiger partial charge is 0.356 e. The van der Waals surface area contributed by atoms with Crippen LogP contribution in [0, 0.1) is 19.8 Å². The van der Waals surface area contributed by atoms with Gasteiger partial charge in [0.15, 0.2) is 0 Å². The number of hydrogen-bond acceptors (Lipinski definition) is 4. The van der Waals surface area contributed by atoms with Crippen LogP contribution in [-0.4, -0.2) is 23.1 Å². The van der Waals surface area contributed by atoms with E-state index in [-0.39, 0.29) is 0 Å². The molecule has 1 aromatic carbocycles. The number of hydrogen-bond donors (Lipinski definition) is 1. The Morgan fingerprint density at radius 2 is 1.95 bits per heavy atom. The van der Waals surface area contributed by atoms with Crippen LogP contribution in [0.25, 0.3) is 0 Å². The van der Waals surface area contributed by atoms with Crippen LogP contribution in [-0.2, 0) is 0 Å². The molecule has 3 rings (SSSR count). The first-order chi connectivity index (χ1) is 10.6. The van der Waals surface area contributed by atoms with Crippen molar-refractivity contribution in [2.75, 3.05) is 23.3 Å². The highest BCUT2D eigenvalue weighted by atomic mass is 15.2. The molecule has 1 saturated heterocycles. The van der Waals surface area contributed by atoms with Gasteiger partial charge in [-0.05, 0) is 43.7 Å². The molecule has 4 heteroatoms. The Labute approximate surface area is 132 Å². The molecule has 0 saturated carbocycles. The maximum atomic E-state index is 4.46. The van der Waals surface area contributed by atoms with Crippen LogP contribution in [0.3, 0.4) is 0 Å². The van der Waals surface area contributed by atoms with E-state index in [0.29, 0.717) is 0 Å². The average molecular weight is 296 g/mol. The van der Waals surface area contributed by atoms with E-state index in [2.05, 4.69) is 65.2 Å². The number of nitrogens with zero attached hydrogens (tertiary/aromatic N) is 3. The van der Waals surface area contributed by atoms with Gasteiger partial charge in [-0.1, -0.05) is 25.1 Å². The summed E-state index contributed by atoms with van der Waals surface area (Å²) < 4.78 is 0. The van der Waals surface area contributed by atoms with Crippen molar-refractivity contribution in [3.05, 3.63) is 41.7 Å². The van der Waals surface area contributed by atoms with Crippen LogP contribution in [0.5, 0.6) is 0 Å². The minimum Gasteiger partial charge on any atom is -0.356 e. The summed E-state index contributed by atoms with van der Waals surface area (Å²) in [6.07, 6.45) is 4.21. The molecule has 1 N–H and O–H groups in total. The molecule has 0 radical (unpaired) electrons. The molecule has 0 spiro atoms. The van der Waals surface area contributed by atoms with Gasteiger partial charge < -0.3 is 10.2 Å². The number of benzene rings is 1. The zero-order valence-corrected chi connectivity index (χ0v) is 13.6. The van der Waals surface area contributed by atoms with Gasteiger partial charge in [-0.3, -0.25) is 0 Å². The van der Waals surface area contributed by atoms with Crippen molar-refractivity contribution >= 4 is 17.3 Å². The number of para-hydroxylation sites is 1. The molecule has 116 valence electrons. The highest BCUT2D eigenvalue weighted by Crippen LogP contribution is 2.26. The number of nitrogens with one attached hydrogen (secondary N) is 1. The lowest BCUT2D eigenvalue weighted by Gasteiger charge is -2.31. The molecule has 2 aromatic rings. The standard InChI is InChI=1S/C18H24N4/c1-13-6-5-9-22(11-13)17-10-16(19-12-20-17)21-18-14(2)7-4-8-15(18)3/h4,7-8,10,12-13H,5-6,9,11H2,1-3H3,(H,19,20,21). The van der Waals surface area contributed by atoms with E-state index in [4.69, 9.17) is 0 Å². The second-order valence-corrected chi connectivity index (χ2v) is 6.35. The average Bonchev–Trinajstić information content (AvgIpc) is 2.51. The number of piperidine rings is 1. The lowest BCUT2D eigenvalue weighted by atomic mass is 10.0. The predicted molar refractivity (Wildman–Crippen MR) is 91.8 cm³/mol. The first kappa shape index (κ1) is 14.8.